The SMILES string of the molecule is COC1(C(F)(F)F)CN(c2cc(C)nc(SC)n2)C1. The van der Waals surface area contributed by atoms with Crippen LogP contribution in [0, 0.1) is 6.92 Å². The zero-order valence-corrected chi connectivity index (χ0v) is 11.6. The van der Waals surface area contributed by atoms with Gasteiger partial charge in [-0.2, -0.15) is 13.2 Å². The standard InChI is InChI=1S/C11H14F3N3OS/c1-7-4-8(16-9(15-7)19-3)17-5-10(6-17,18-2)11(12,13)14/h4H,5-6H2,1-3H3. The Hall–Kier alpha value is -1.02. The van der Waals surface area contributed by atoms with Crippen LogP contribution in [0.4, 0.5) is 19.0 Å². The fourth-order valence-electron chi connectivity index (χ4n) is 1.93. The van der Waals surface area contributed by atoms with E-state index < -0.39 is 11.8 Å². The van der Waals surface area contributed by atoms with E-state index in [1.165, 1.54) is 11.8 Å². The van der Waals surface area contributed by atoms with Gasteiger partial charge in [0.1, 0.15) is 5.82 Å². The lowest BCUT2D eigenvalue weighted by Gasteiger charge is -2.49. The molecule has 1 aliphatic rings. The maximum atomic E-state index is 12.9. The van der Waals surface area contributed by atoms with Crippen LogP contribution in [0.25, 0.3) is 0 Å². The first-order valence-electron chi connectivity index (χ1n) is 5.58. The Labute approximate surface area is 113 Å². The molecule has 4 nitrogen and oxygen atoms in total. The Bertz CT molecular complexity index is 475. The van der Waals surface area contributed by atoms with E-state index in [1.807, 2.05) is 6.26 Å². The fraction of sp³-hybridized carbons (Fsp3) is 0.636. The van der Waals surface area contributed by atoms with Crippen LogP contribution in [-0.2, 0) is 4.74 Å². The maximum absolute atomic E-state index is 12.9. The monoisotopic (exact) mass is 293 g/mol. The average molecular weight is 293 g/mol. The Balaban J connectivity index is 2.18. The molecule has 1 aromatic heterocycles. The van der Waals surface area contributed by atoms with Crippen LogP contribution in [-0.4, -0.2) is 48.2 Å². The molecule has 0 amide bonds. The lowest BCUT2D eigenvalue weighted by atomic mass is 9.93. The molecule has 0 spiro atoms. The molecule has 0 radical (unpaired) electrons. The largest absolute Gasteiger partial charge is 0.420 e. The van der Waals surface area contributed by atoms with Crippen LogP contribution < -0.4 is 4.90 Å². The van der Waals surface area contributed by atoms with Gasteiger partial charge in [-0.1, -0.05) is 11.8 Å². The third-order valence-electron chi connectivity index (χ3n) is 3.13. The van der Waals surface area contributed by atoms with Crippen molar-refractivity contribution in [2.75, 3.05) is 31.4 Å². The second-order valence-corrected chi connectivity index (χ2v) is 5.18. The van der Waals surface area contributed by atoms with Gasteiger partial charge in [0.25, 0.3) is 0 Å². The number of hydrogen-bond acceptors (Lipinski definition) is 5. The lowest BCUT2D eigenvalue weighted by molar-refractivity contribution is -0.277. The van der Waals surface area contributed by atoms with Gasteiger partial charge >= 0.3 is 6.18 Å². The molecule has 0 aliphatic carbocycles. The molecule has 0 aromatic carbocycles. The van der Waals surface area contributed by atoms with E-state index >= 15 is 0 Å². The van der Waals surface area contributed by atoms with Gasteiger partial charge in [0.15, 0.2) is 10.8 Å². The molecule has 1 fully saturated rings. The highest BCUT2D eigenvalue weighted by Crippen LogP contribution is 2.42. The molecule has 0 N–H and O–H groups in total. The minimum absolute atomic E-state index is 0.239. The first-order chi connectivity index (χ1) is 8.81. The third kappa shape index (κ3) is 2.51. The highest BCUT2D eigenvalue weighted by molar-refractivity contribution is 7.98. The van der Waals surface area contributed by atoms with E-state index in [0.29, 0.717) is 11.0 Å². The Kier molecular flexibility index (Phi) is 3.65. The summed E-state index contributed by atoms with van der Waals surface area (Å²) in [4.78, 5) is 9.93. The molecule has 8 heteroatoms. The molecule has 0 atom stereocenters. The summed E-state index contributed by atoms with van der Waals surface area (Å²) in [6.07, 6.45) is -2.55. The van der Waals surface area contributed by atoms with E-state index in [9.17, 15) is 13.2 Å². The number of anilines is 1. The second-order valence-electron chi connectivity index (χ2n) is 4.41. The number of aryl methyl sites for hydroxylation is 1. The highest BCUT2D eigenvalue weighted by atomic mass is 32.2. The minimum Gasteiger partial charge on any atom is -0.365 e. The zero-order valence-electron chi connectivity index (χ0n) is 10.8. The summed E-state index contributed by atoms with van der Waals surface area (Å²) in [5.74, 6) is 0.508. The number of ether oxygens (including phenoxy) is 1. The van der Waals surface area contributed by atoms with Crippen molar-refractivity contribution in [3.63, 3.8) is 0 Å². The van der Waals surface area contributed by atoms with Crippen molar-refractivity contribution in [1.82, 2.24) is 9.97 Å². The summed E-state index contributed by atoms with van der Waals surface area (Å²) in [7, 11) is 1.09. The van der Waals surface area contributed by atoms with Gasteiger partial charge in [-0.25, -0.2) is 9.97 Å². The van der Waals surface area contributed by atoms with E-state index in [-0.39, 0.29) is 13.1 Å². The fourth-order valence-corrected chi connectivity index (χ4v) is 2.36. The van der Waals surface area contributed by atoms with Gasteiger partial charge in [0.2, 0.25) is 0 Å². The highest BCUT2D eigenvalue weighted by Gasteiger charge is 2.63. The van der Waals surface area contributed by atoms with E-state index in [0.717, 1.165) is 12.8 Å². The molecule has 0 bridgehead atoms. The first kappa shape index (κ1) is 14.4. The summed E-state index contributed by atoms with van der Waals surface area (Å²) in [5, 5.41) is 0.553. The van der Waals surface area contributed by atoms with Crippen molar-refractivity contribution < 1.29 is 17.9 Å². The topological polar surface area (TPSA) is 38.2 Å². The predicted octanol–water partition coefficient (Wildman–Crippen LogP) is 2.27. The number of rotatable bonds is 3. The number of thioether (sulfide) groups is 1. The van der Waals surface area contributed by atoms with E-state index in [2.05, 4.69) is 14.7 Å². The first-order valence-corrected chi connectivity index (χ1v) is 6.80. The molecule has 1 aromatic rings. The van der Waals surface area contributed by atoms with Gasteiger partial charge in [0, 0.05) is 18.9 Å². The van der Waals surface area contributed by atoms with Crippen molar-refractivity contribution in [2.45, 2.75) is 23.9 Å². The summed E-state index contributed by atoms with van der Waals surface area (Å²) >= 11 is 1.36. The molecule has 0 unspecified atom stereocenters. The van der Waals surface area contributed by atoms with Crippen LogP contribution in [0.5, 0.6) is 0 Å². The normalized spacial score (nSPS) is 18.3. The Morgan fingerprint density at radius 3 is 2.47 bits per heavy atom. The van der Waals surface area contributed by atoms with Gasteiger partial charge in [-0.15, -0.1) is 0 Å². The van der Waals surface area contributed by atoms with Crippen molar-refractivity contribution in [3.8, 4) is 0 Å². The molecule has 19 heavy (non-hydrogen) atoms. The molecular formula is C11H14F3N3OS. The summed E-state index contributed by atoms with van der Waals surface area (Å²) in [6.45, 7) is 1.31. The number of methoxy groups -OCH3 is 1. The molecular weight excluding hydrogens is 279 g/mol. The number of aromatic nitrogens is 2. The number of hydrogen-bond donors (Lipinski definition) is 0. The second kappa shape index (κ2) is 4.82. The van der Waals surface area contributed by atoms with Crippen molar-refractivity contribution in [1.29, 1.82) is 0 Å². The molecule has 2 rings (SSSR count). The molecule has 0 saturated carbocycles. The molecule has 2 heterocycles. The van der Waals surface area contributed by atoms with Crippen LogP contribution in [0.3, 0.4) is 0 Å². The van der Waals surface area contributed by atoms with Crippen LogP contribution in [0.1, 0.15) is 5.69 Å². The van der Waals surface area contributed by atoms with Gasteiger partial charge in [-0.05, 0) is 13.2 Å². The average Bonchev–Trinajstić information content (AvgIpc) is 2.25. The molecule has 106 valence electrons. The van der Waals surface area contributed by atoms with E-state index in [4.69, 9.17) is 0 Å². The quantitative estimate of drug-likeness (QED) is 0.631. The van der Waals surface area contributed by atoms with Crippen molar-refractivity contribution >= 4 is 17.6 Å². The van der Waals surface area contributed by atoms with E-state index in [1.54, 1.807) is 17.9 Å². The Morgan fingerprint density at radius 2 is 2.00 bits per heavy atom. The lowest BCUT2D eigenvalue weighted by Crippen LogP contribution is -2.70. The van der Waals surface area contributed by atoms with Gasteiger partial charge < -0.3 is 9.64 Å². The molecule has 1 saturated heterocycles. The minimum atomic E-state index is -4.37. The summed E-state index contributed by atoms with van der Waals surface area (Å²) in [5.41, 5.74) is -1.35. The molecule has 1 aliphatic heterocycles. The van der Waals surface area contributed by atoms with Crippen molar-refractivity contribution in [2.24, 2.45) is 0 Å². The number of halogens is 3. The summed E-state index contributed by atoms with van der Waals surface area (Å²) < 4.78 is 43.3. The van der Waals surface area contributed by atoms with Crippen LogP contribution >= 0.6 is 11.8 Å². The van der Waals surface area contributed by atoms with Gasteiger partial charge in [0.05, 0.1) is 13.1 Å². The third-order valence-corrected chi connectivity index (χ3v) is 3.67. The zero-order chi connectivity index (χ0) is 14.3. The summed E-state index contributed by atoms with van der Waals surface area (Å²) in [6, 6.07) is 1.68. The Morgan fingerprint density at radius 1 is 1.37 bits per heavy atom. The van der Waals surface area contributed by atoms with Crippen molar-refractivity contribution in [3.05, 3.63) is 11.8 Å². The smallest absolute Gasteiger partial charge is 0.365 e. The van der Waals surface area contributed by atoms with Gasteiger partial charge in [-0.3, -0.25) is 0 Å². The number of nitrogens with zero attached hydrogens (tertiary/aromatic N) is 3. The van der Waals surface area contributed by atoms with Crippen LogP contribution in [0.15, 0.2) is 11.2 Å². The predicted molar refractivity (Wildman–Crippen MR) is 66.6 cm³/mol. The van der Waals surface area contributed by atoms with Crippen LogP contribution in [0.2, 0.25) is 0 Å². The maximum Gasteiger partial charge on any atom is 0.420 e. The number of alkyl halides is 3.